The van der Waals surface area contributed by atoms with Crippen LogP contribution in [0.2, 0.25) is 0 Å². The number of esters is 1. The third-order valence-corrected chi connectivity index (χ3v) is 3.24. The van der Waals surface area contributed by atoms with Gasteiger partial charge in [0.1, 0.15) is 17.3 Å². The van der Waals surface area contributed by atoms with Crippen molar-refractivity contribution in [1.29, 1.82) is 0 Å². The Labute approximate surface area is 155 Å². The molecule has 0 saturated heterocycles. The van der Waals surface area contributed by atoms with E-state index in [2.05, 4.69) is 5.32 Å². The van der Waals surface area contributed by atoms with Gasteiger partial charge in [0.15, 0.2) is 0 Å². The molecule has 1 rings (SSSR count). The number of amides is 1. The quantitative estimate of drug-likeness (QED) is 0.548. The summed E-state index contributed by atoms with van der Waals surface area (Å²) in [5, 5.41) is 11.7. The third kappa shape index (κ3) is 7.69. The van der Waals surface area contributed by atoms with Crippen LogP contribution in [0.25, 0.3) is 0 Å². The summed E-state index contributed by atoms with van der Waals surface area (Å²) in [6.07, 6.45) is -2.73. The van der Waals surface area contributed by atoms with Crippen molar-refractivity contribution in [3.63, 3.8) is 0 Å². The molecule has 9 heteroatoms. The average molecular weight is 390 g/mol. The number of benzene rings is 1. The summed E-state index contributed by atoms with van der Waals surface area (Å²) in [5.74, 6) is -3.53. The maximum atomic E-state index is 13.4. The summed E-state index contributed by atoms with van der Waals surface area (Å²) in [6.45, 7) is 4.91. The van der Waals surface area contributed by atoms with Crippen LogP contribution < -0.4 is 5.32 Å². The van der Waals surface area contributed by atoms with Crippen molar-refractivity contribution < 1.29 is 33.4 Å². The van der Waals surface area contributed by atoms with Crippen LogP contribution in [0.15, 0.2) is 24.3 Å². The van der Waals surface area contributed by atoms with Crippen LogP contribution in [-0.4, -0.2) is 46.8 Å². The standard InChI is InChI=1S/C17H21ClFNO6/c1-17(2,3)26-16(24)20-12(8-10-5-4-6-11(19)7-10)14(15(22)23)25-13(21)9-18/h4-7,12,14H,8-9H2,1-3H3,(H,20,24)(H,22,23)/t12-,14+/m1/s1. The molecule has 0 bridgehead atoms. The topological polar surface area (TPSA) is 102 Å². The van der Waals surface area contributed by atoms with Crippen LogP contribution >= 0.6 is 11.6 Å². The normalized spacial score (nSPS) is 13.4. The summed E-state index contributed by atoms with van der Waals surface area (Å²) < 4.78 is 23.3. The molecule has 1 aromatic carbocycles. The lowest BCUT2D eigenvalue weighted by Gasteiger charge is -2.27. The van der Waals surface area contributed by atoms with Gasteiger partial charge in [0.2, 0.25) is 6.10 Å². The molecule has 0 heterocycles. The van der Waals surface area contributed by atoms with Gasteiger partial charge in [0, 0.05) is 0 Å². The Morgan fingerprint density at radius 3 is 2.46 bits per heavy atom. The number of carbonyl (C=O) groups is 3. The van der Waals surface area contributed by atoms with Crippen molar-refractivity contribution >= 4 is 29.6 Å². The van der Waals surface area contributed by atoms with Crippen LogP contribution in [0.3, 0.4) is 0 Å². The van der Waals surface area contributed by atoms with Gasteiger partial charge in [0.25, 0.3) is 0 Å². The zero-order chi connectivity index (χ0) is 19.9. The first kappa shape index (κ1) is 21.7. The molecule has 0 aliphatic heterocycles. The van der Waals surface area contributed by atoms with Gasteiger partial charge in [-0.2, -0.15) is 0 Å². The Morgan fingerprint density at radius 1 is 1.31 bits per heavy atom. The van der Waals surface area contributed by atoms with Gasteiger partial charge < -0.3 is 19.9 Å². The summed E-state index contributed by atoms with van der Waals surface area (Å²) >= 11 is 5.35. The molecule has 0 spiro atoms. The van der Waals surface area contributed by atoms with E-state index in [0.29, 0.717) is 5.56 Å². The van der Waals surface area contributed by atoms with E-state index in [4.69, 9.17) is 21.1 Å². The van der Waals surface area contributed by atoms with Crippen molar-refractivity contribution in [3.8, 4) is 0 Å². The molecular formula is C17H21ClFNO6. The fraction of sp³-hybridized carbons (Fsp3) is 0.471. The first-order valence-electron chi connectivity index (χ1n) is 7.74. The van der Waals surface area contributed by atoms with E-state index < -0.39 is 47.5 Å². The second kappa shape index (κ2) is 9.38. The highest BCUT2D eigenvalue weighted by Crippen LogP contribution is 2.14. The van der Waals surface area contributed by atoms with Crippen LogP contribution in [0.5, 0.6) is 0 Å². The summed E-state index contributed by atoms with van der Waals surface area (Å²) in [4.78, 5) is 35.0. The Bertz CT molecular complexity index is 661. The number of hydrogen-bond acceptors (Lipinski definition) is 5. The molecule has 1 aromatic rings. The number of alkyl carbamates (subject to hydrolysis) is 1. The first-order valence-corrected chi connectivity index (χ1v) is 8.27. The zero-order valence-corrected chi connectivity index (χ0v) is 15.4. The van der Waals surface area contributed by atoms with E-state index in [-0.39, 0.29) is 6.42 Å². The summed E-state index contributed by atoms with van der Waals surface area (Å²) in [5.41, 5.74) is -0.418. The Balaban J connectivity index is 3.06. The summed E-state index contributed by atoms with van der Waals surface area (Å²) in [7, 11) is 0. The average Bonchev–Trinajstić information content (AvgIpc) is 2.49. The molecule has 0 saturated carbocycles. The third-order valence-electron chi connectivity index (χ3n) is 3.02. The van der Waals surface area contributed by atoms with Gasteiger partial charge >= 0.3 is 18.0 Å². The molecule has 0 radical (unpaired) electrons. The maximum absolute atomic E-state index is 13.4. The van der Waals surface area contributed by atoms with Gasteiger partial charge in [-0.3, -0.25) is 4.79 Å². The van der Waals surface area contributed by atoms with E-state index in [1.807, 2.05) is 0 Å². The number of rotatable bonds is 7. The van der Waals surface area contributed by atoms with Gasteiger partial charge in [-0.1, -0.05) is 12.1 Å². The first-order chi connectivity index (χ1) is 12.0. The minimum Gasteiger partial charge on any atom is -0.478 e. The highest BCUT2D eigenvalue weighted by Gasteiger charge is 2.34. The van der Waals surface area contributed by atoms with Gasteiger partial charge in [-0.25, -0.2) is 14.0 Å². The van der Waals surface area contributed by atoms with Crippen molar-refractivity contribution in [3.05, 3.63) is 35.6 Å². The van der Waals surface area contributed by atoms with E-state index >= 15 is 0 Å². The minimum absolute atomic E-state index is 0.108. The van der Waals surface area contributed by atoms with Gasteiger partial charge in [-0.15, -0.1) is 11.6 Å². The Morgan fingerprint density at radius 2 is 1.96 bits per heavy atom. The fourth-order valence-electron chi connectivity index (χ4n) is 2.09. The summed E-state index contributed by atoms with van der Waals surface area (Å²) in [6, 6.07) is 4.20. The van der Waals surface area contributed by atoms with Crippen molar-refractivity contribution in [2.45, 2.75) is 44.9 Å². The largest absolute Gasteiger partial charge is 0.478 e. The number of carboxylic acids is 1. The van der Waals surface area contributed by atoms with Gasteiger partial charge in [0.05, 0.1) is 6.04 Å². The number of ether oxygens (including phenoxy) is 2. The van der Waals surface area contributed by atoms with Crippen molar-refractivity contribution in [2.24, 2.45) is 0 Å². The fourth-order valence-corrected chi connectivity index (χ4v) is 2.15. The lowest BCUT2D eigenvalue weighted by atomic mass is 10.0. The molecule has 0 unspecified atom stereocenters. The minimum atomic E-state index is -1.72. The second-order valence-corrected chi connectivity index (χ2v) is 6.74. The highest BCUT2D eigenvalue weighted by molar-refractivity contribution is 6.26. The second-order valence-electron chi connectivity index (χ2n) is 6.47. The van der Waals surface area contributed by atoms with Crippen LogP contribution in [0, 0.1) is 5.82 Å². The van der Waals surface area contributed by atoms with E-state index in [9.17, 15) is 23.9 Å². The lowest BCUT2D eigenvalue weighted by Crippen LogP contribution is -2.51. The van der Waals surface area contributed by atoms with Gasteiger partial charge in [-0.05, 0) is 44.9 Å². The number of carboxylic acid groups (broad SMARTS) is 1. The van der Waals surface area contributed by atoms with Crippen molar-refractivity contribution in [1.82, 2.24) is 5.32 Å². The van der Waals surface area contributed by atoms with Crippen LogP contribution in [-0.2, 0) is 25.5 Å². The molecule has 0 aliphatic carbocycles. The van der Waals surface area contributed by atoms with Crippen LogP contribution in [0.1, 0.15) is 26.3 Å². The lowest BCUT2D eigenvalue weighted by molar-refractivity contribution is -0.164. The highest BCUT2D eigenvalue weighted by atomic mass is 35.5. The molecular weight excluding hydrogens is 369 g/mol. The predicted octanol–water partition coefficient (Wildman–Crippen LogP) is 2.50. The molecule has 144 valence electrons. The predicted molar refractivity (Wildman–Crippen MR) is 91.5 cm³/mol. The molecule has 0 aliphatic rings. The number of alkyl halides is 1. The molecule has 7 nitrogen and oxygen atoms in total. The number of carbonyl (C=O) groups excluding carboxylic acids is 2. The van der Waals surface area contributed by atoms with Crippen LogP contribution in [0.4, 0.5) is 9.18 Å². The number of aliphatic carboxylic acids is 1. The molecule has 0 aromatic heterocycles. The number of halogens is 2. The smallest absolute Gasteiger partial charge is 0.408 e. The molecule has 2 N–H and O–H groups in total. The monoisotopic (exact) mass is 389 g/mol. The molecule has 1 amide bonds. The van der Waals surface area contributed by atoms with E-state index in [1.54, 1.807) is 26.8 Å². The number of hydrogen-bond donors (Lipinski definition) is 2. The SMILES string of the molecule is CC(C)(C)OC(=O)N[C@H](Cc1cccc(F)c1)[C@H](OC(=O)CCl)C(=O)O. The maximum Gasteiger partial charge on any atom is 0.408 e. The molecule has 0 fully saturated rings. The Kier molecular flexibility index (Phi) is 7.82. The Hall–Kier alpha value is -2.35. The molecule has 26 heavy (non-hydrogen) atoms. The van der Waals surface area contributed by atoms with E-state index in [1.165, 1.54) is 18.2 Å². The van der Waals surface area contributed by atoms with E-state index in [0.717, 1.165) is 0 Å². The number of nitrogens with one attached hydrogen (secondary N) is 1. The molecule has 2 atom stereocenters. The zero-order valence-electron chi connectivity index (χ0n) is 14.6. The van der Waals surface area contributed by atoms with Crippen molar-refractivity contribution in [2.75, 3.05) is 5.88 Å².